The molecule has 0 aliphatic carbocycles. The molecule has 0 bridgehead atoms. The van der Waals surface area contributed by atoms with Gasteiger partial charge in [0.25, 0.3) is 5.91 Å². The first-order valence-electron chi connectivity index (χ1n) is 6.58. The van der Waals surface area contributed by atoms with E-state index in [-0.39, 0.29) is 23.9 Å². The summed E-state index contributed by atoms with van der Waals surface area (Å²) in [6.45, 7) is 8.57. The lowest BCUT2D eigenvalue weighted by molar-refractivity contribution is 0.0894. The van der Waals surface area contributed by atoms with E-state index < -0.39 is 0 Å². The zero-order valence-electron chi connectivity index (χ0n) is 12.2. The molecule has 0 unspecified atom stereocenters. The molecule has 3 N–H and O–H groups in total. The molecule has 0 saturated heterocycles. The Hall–Kier alpha value is -1.06. The largest absolute Gasteiger partial charge is 0.345 e. The standard InChI is InChI=1S/C15H24N2O.ClH/c1-5-15(6-2,10-16)17-14(18)13-9-7-8-11(3)12(13)4;/h7-9H,5-6,10,16H2,1-4H3,(H,17,18);1H. The number of benzene rings is 1. The van der Waals surface area contributed by atoms with Crippen molar-refractivity contribution in [3.8, 4) is 0 Å². The molecule has 108 valence electrons. The third-order valence-electron chi connectivity index (χ3n) is 3.97. The first-order chi connectivity index (χ1) is 8.49. The van der Waals surface area contributed by atoms with Crippen LogP contribution in [0, 0.1) is 13.8 Å². The molecule has 1 amide bonds. The molecule has 0 aliphatic rings. The van der Waals surface area contributed by atoms with Crippen molar-refractivity contribution in [2.24, 2.45) is 5.73 Å². The minimum atomic E-state index is -0.284. The molecule has 3 nitrogen and oxygen atoms in total. The van der Waals surface area contributed by atoms with Crippen molar-refractivity contribution in [2.45, 2.75) is 46.1 Å². The van der Waals surface area contributed by atoms with Gasteiger partial charge < -0.3 is 11.1 Å². The van der Waals surface area contributed by atoms with E-state index in [4.69, 9.17) is 5.73 Å². The lowest BCUT2D eigenvalue weighted by Crippen LogP contribution is -2.53. The molecule has 0 aliphatic heterocycles. The van der Waals surface area contributed by atoms with Crippen molar-refractivity contribution < 1.29 is 4.79 Å². The topological polar surface area (TPSA) is 55.1 Å². The number of rotatable bonds is 5. The van der Waals surface area contributed by atoms with E-state index in [0.717, 1.165) is 29.5 Å². The Morgan fingerprint density at radius 2 is 1.84 bits per heavy atom. The zero-order valence-corrected chi connectivity index (χ0v) is 13.1. The van der Waals surface area contributed by atoms with Gasteiger partial charge in [0.2, 0.25) is 0 Å². The van der Waals surface area contributed by atoms with Gasteiger partial charge in [0.05, 0.1) is 5.54 Å². The van der Waals surface area contributed by atoms with Gasteiger partial charge in [0.1, 0.15) is 0 Å². The van der Waals surface area contributed by atoms with Crippen LogP contribution in [0.5, 0.6) is 0 Å². The smallest absolute Gasteiger partial charge is 0.252 e. The fraction of sp³-hybridized carbons (Fsp3) is 0.533. The number of amides is 1. The molecular weight excluding hydrogens is 260 g/mol. The number of halogens is 1. The van der Waals surface area contributed by atoms with Gasteiger partial charge in [-0.3, -0.25) is 4.79 Å². The summed E-state index contributed by atoms with van der Waals surface area (Å²) in [5, 5.41) is 3.10. The number of carbonyl (C=O) groups is 1. The highest BCUT2D eigenvalue weighted by molar-refractivity contribution is 5.96. The fourth-order valence-corrected chi connectivity index (χ4v) is 2.07. The molecule has 0 radical (unpaired) electrons. The highest BCUT2D eigenvalue weighted by Crippen LogP contribution is 2.17. The van der Waals surface area contributed by atoms with Crippen LogP contribution in [0.4, 0.5) is 0 Å². The molecule has 19 heavy (non-hydrogen) atoms. The molecule has 0 atom stereocenters. The maximum absolute atomic E-state index is 12.3. The SMILES string of the molecule is CCC(CC)(CN)NC(=O)c1cccc(C)c1C.Cl. The van der Waals surface area contributed by atoms with Crippen molar-refractivity contribution in [3.05, 3.63) is 34.9 Å². The molecule has 1 rings (SSSR count). The Kier molecular flexibility index (Phi) is 7.09. The second kappa shape index (κ2) is 7.51. The highest BCUT2D eigenvalue weighted by atomic mass is 35.5. The van der Waals surface area contributed by atoms with Crippen LogP contribution < -0.4 is 11.1 Å². The van der Waals surface area contributed by atoms with E-state index in [1.807, 2.05) is 32.0 Å². The van der Waals surface area contributed by atoms with E-state index in [1.54, 1.807) is 0 Å². The van der Waals surface area contributed by atoms with E-state index in [2.05, 4.69) is 19.2 Å². The van der Waals surface area contributed by atoms with Gasteiger partial charge in [0, 0.05) is 12.1 Å². The highest BCUT2D eigenvalue weighted by Gasteiger charge is 2.27. The Bertz CT molecular complexity index is 420. The summed E-state index contributed by atoms with van der Waals surface area (Å²) in [6.07, 6.45) is 1.69. The zero-order chi connectivity index (χ0) is 13.8. The molecular formula is C15H25ClN2O. The number of hydrogen-bond acceptors (Lipinski definition) is 2. The third kappa shape index (κ3) is 3.95. The van der Waals surface area contributed by atoms with Crippen molar-refractivity contribution in [1.82, 2.24) is 5.32 Å². The van der Waals surface area contributed by atoms with Crippen LogP contribution in [0.25, 0.3) is 0 Å². The van der Waals surface area contributed by atoms with Crippen LogP contribution >= 0.6 is 12.4 Å². The van der Waals surface area contributed by atoms with Crippen molar-refractivity contribution in [2.75, 3.05) is 6.54 Å². The average molecular weight is 285 g/mol. The van der Waals surface area contributed by atoms with Gasteiger partial charge >= 0.3 is 0 Å². The van der Waals surface area contributed by atoms with Crippen LogP contribution in [0.3, 0.4) is 0 Å². The number of carbonyl (C=O) groups excluding carboxylic acids is 1. The summed E-state index contributed by atoms with van der Waals surface area (Å²) in [6, 6.07) is 5.80. The van der Waals surface area contributed by atoms with Crippen LogP contribution in [-0.2, 0) is 0 Å². The van der Waals surface area contributed by atoms with E-state index >= 15 is 0 Å². The summed E-state index contributed by atoms with van der Waals surface area (Å²) >= 11 is 0. The van der Waals surface area contributed by atoms with E-state index in [1.165, 1.54) is 0 Å². The van der Waals surface area contributed by atoms with Gasteiger partial charge in [0.15, 0.2) is 0 Å². The first kappa shape index (κ1) is 17.9. The minimum Gasteiger partial charge on any atom is -0.345 e. The Labute approximate surface area is 122 Å². The number of hydrogen-bond donors (Lipinski definition) is 2. The molecule has 4 heteroatoms. The summed E-state index contributed by atoms with van der Waals surface area (Å²) in [5.41, 5.74) is 8.44. The van der Waals surface area contributed by atoms with Crippen molar-refractivity contribution >= 4 is 18.3 Å². The summed E-state index contributed by atoms with van der Waals surface area (Å²) in [7, 11) is 0. The molecule has 1 aromatic rings. The maximum Gasteiger partial charge on any atom is 0.252 e. The predicted octanol–water partition coefficient (Wildman–Crippen LogP) is 2.97. The Morgan fingerprint density at radius 3 is 2.32 bits per heavy atom. The van der Waals surface area contributed by atoms with Crippen molar-refractivity contribution in [3.63, 3.8) is 0 Å². The summed E-state index contributed by atoms with van der Waals surface area (Å²) in [4.78, 5) is 12.3. The van der Waals surface area contributed by atoms with Gasteiger partial charge in [-0.1, -0.05) is 26.0 Å². The predicted molar refractivity (Wildman–Crippen MR) is 83.0 cm³/mol. The van der Waals surface area contributed by atoms with E-state index in [9.17, 15) is 4.79 Å². The molecule has 0 heterocycles. The molecule has 0 saturated carbocycles. The third-order valence-corrected chi connectivity index (χ3v) is 3.97. The van der Waals surface area contributed by atoms with Crippen molar-refractivity contribution in [1.29, 1.82) is 0 Å². The number of nitrogens with one attached hydrogen (secondary N) is 1. The Morgan fingerprint density at radius 1 is 1.26 bits per heavy atom. The van der Waals surface area contributed by atoms with Gasteiger partial charge in [-0.05, 0) is 43.9 Å². The lowest BCUT2D eigenvalue weighted by atomic mass is 9.92. The molecule has 0 fully saturated rings. The summed E-state index contributed by atoms with van der Waals surface area (Å²) < 4.78 is 0. The molecule has 0 aromatic heterocycles. The average Bonchev–Trinajstić information content (AvgIpc) is 2.39. The maximum atomic E-state index is 12.3. The molecule has 1 aromatic carbocycles. The van der Waals surface area contributed by atoms with Gasteiger partial charge in [-0.15, -0.1) is 12.4 Å². The second-order valence-electron chi connectivity index (χ2n) is 4.89. The first-order valence-corrected chi connectivity index (χ1v) is 6.58. The van der Waals surface area contributed by atoms with Gasteiger partial charge in [-0.25, -0.2) is 0 Å². The normalized spacial score (nSPS) is 10.8. The monoisotopic (exact) mass is 284 g/mol. The van der Waals surface area contributed by atoms with Crippen LogP contribution in [0.1, 0.15) is 48.2 Å². The van der Waals surface area contributed by atoms with Crippen LogP contribution in [0.15, 0.2) is 18.2 Å². The fourth-order valence-electron chi connectivity index (χ4n) is 2.07. The molecule has 0 spiro atoms. The van der Waals surface area contributed by atoms with Crippen LogP contribution in [0.2, 0.25) is 0 Å². The summed E-state index contributed by atoms with van der Waals surface area (Å²) in [5.74, 6) is -0.0228. The lowest BCUT2D eigenvalue weighted by Gasteiger charge is -2.31. The Balaban J connectivity index is 0.00000324. The van der Waals surface area contributed by atoms with Gasteiger partial charge in [-0.2, -0.15) is 0 Å². The minimum absolute atomic E-state index is 0. The van der Waals surface area contributed by atoms with Crippen LogP contribution in [-0.4, -0.2) is 18.0 Å². The van der Waals surface area contributed by atoms with E-state index in [0.29, 0.717) is 6.54 Å². The quantitative estimate of drug-likeness (QED) is 0.873. The number of nitrogens with two attached hydrogens (primary N) is 1. The second-order valence-corrected chi connectivity index (χ2v) is 4.89. The number of aryl methyl sites for hydroxylation is 1.